The number of carboxylic acids is 1. The lowest BCUT2D eigenvalue weighted by Crippen LogP contribution is -1.99. The molecular weight excluding hydrogens is 380 g/mol. The van der Waals surface area contributed by atoms with E-state index in [-0.39, 0.29) is 5.56 Å². The molecule has 1 N–H and O–H groups in total. The van der Waals surface area contributed by atoms with Crippen LogP contribution in [0.4, 0.5) is 0 Å². The van der Waals surface area contributed by atoms with Gasteiger partial charge in [0.05, 0.1) is 0 Å². The molecule has 0 aliphatic heterocycles. The molecule has 0 heterocycles. The van der Waals surface area contributed by atoms with E-state index in [0.717, 1.165) is 4.90 Å². The first-order valence-corrected chi connectivity index (χ1v) is 10.6. The Bertz CT molecular complexity index is 1070. The van der Waals surface area contributed by atoms with Gasteiger partial charge in [-0.15, -0.1) is 0 Å². The van der Waals surface area contributed by atoms with Crippen LogP contribution in [0.25, 0.3) is 0 Å². The monoisotopic (exact) mass is 400 g/mol. The molecule has 0 saturated carbocycles. The van der Waals surface area contributed by atoms with Gasteiger partial charge in [0, 0.05) is 0 Å². The first-order chi connectivity index (χ1) is 14.2. The van der Waals surface area contributed by atoms with Crippen LogP contribution in [-0.2, 0) is 0 Å². The van der Waals surface area contributed by atoms with Crippen molar-refractivity contribution in [2.75, 3.05) is 0 Å². The largest absolute Gasteiger partial charge is 0.478 e. The molecule has 4 aromatic carbocycles. The van der Waals surface area contributed by atoms with Crippen LogP contribution >= 0.6 is 10.9 Å². The third kappa shape index (κ3) is 4.33. The van der Waals surface area contributed by atoms with Gasteiger partial charge >= 0.3 is 5.97 Å². The Balaban J connectivity index is 1.74. The van der Waals surface area contributed by atoms with E-state index in [1.165, 1.54) is 9.79 Å². The van der Waals surface area contributed by atoms with Gasteiger partial charge in [0.15, 0.2) is 0 Å². The van der Waals surface area contributed by atoms with Crippen LogP contribution in [0.5, 0.6) is 11.5 Å². The molecule has 0 aromatic heterocycles. The SMILES string of the molecule is O=C(O)c1ccccc1Oc1cccc([SH](c2ccccc2)c2ccccc2)c1. The van der Waals surface area contributed by atoms with Crippen LogP contribution in [0.3, 0.4) is 0 Å². The fraction of sp³-hybridized carbons (Fsp3) is 0. The average Bonchev–Trinajstić information content (AvgIpc) is 2.76. The summed E-state index contributed by atoms with van der Waals surface area (Å²) in [4.78, 5) is 15.1. The molecule has 0 unspecified atom stereocenters. The van der Waals surface area contributed by atoms with Crippen molar-refractivity contribution in [3.05, 3.63) is 115 Å². The van der Waals surface area contributed by atoms with E-state index in [1.54, 1.807) is 24.3 Å². The molecule has 0 saturated heterocycles. The summed E-state index contributed by atoms with van der Waals surface area (Å²) >= 11 is 0. The fourth-order valence-corrected chi connectivity index (χ4v) is 5.47. The van der Waals surface area contributed by atoms with Gasteiger partial charge in [-0.05, 0) is 69.3 Å². The Labute approximate surface area is 172 Å². The van der Waals surface area contributed by atoms with Crippen LogP contribution in [0, 0.1) is 0 Å². The third-order valence-electron chi connectivity index (χ3n) is 4.45. The smallest absolute Gasteiger partial charge is 0.339 e. The van der Waals surface area contributed by atoms with E-state index < -0.39 is 16.9 Å². The Morgan fingerprint density at radius 1 is 0.655 bits per heavy atom. The molecule has 4 rings (SSSR count). The summed E-state index contributed by atoms with van der Waals surface area (Å²) < 4.78 is 5.96. The maximum absolute atomic E-state index is 11.5. The van der Waals surface area contributed by atoms with Gasteiger partial charge < -0.3 is 9.84 Å². The minimum absolute atomic E-state index is 0.145. The third-order valence-corrected chi connectivity index (χ3v) is 6.87. The van der Waals surface area contributed by atoms with Crippen LogP contribution in [-0.4, -0.2) is 11.1 Å². The number of rotatable bonds is 6. The van der Waals surface area contributed by atoms with Crippen molar-refractivity contribution in [1.29, 1.82) is 0 Å². The zero-order valence-electron chi connectivity index (χ0n) is 15.6. The maximum Gasteiger partial charge on any atom is 0.339 e. The van der Waals surface area contributed by atoms with Crippen LogP contribution < -0.4 is 4.74 Å². The first kappa shape index (κ1) is 18.8. The van der Waals surface area contributed by atoms with Crippen molar-refractivity contribution >= 4 is 16.9 Å². The number of hydrogen-bond donors (Lipinski definition) is 2. The summed E-state index contributed by atoms with van der Waals surface area (Å²) in [7, 11) is -0.753. The first-order valence-electron chi connectivity index (χ1n) is 9.23. The predicted molar refractivity (Wildman–Crippen MR) is 117 cm³/mol. The minimum Gasteiger partial charge on any atom is -0.478 e. The van der Waals surface area contributed by atoms with Gasteiger partial charge in [0.2, 0.25) is 0 Å². The van der Waals surface area contributed by atoms with E-state index in [4.69, 9.17) is 4.74 Å². The van der Waals surface area contributed by atoms with Gasteiger partial charge in [-0.1, -0.05) is 54.6 Å². The summed E-state index contributed by atoms with van der Waals surface area (Å²) in [6.45, 7) is 0. The lowest BCUT2D eigenvalue weighted by Gasteiger charge is -2.23. The summed E-state index contributed by atoms with van der Waals surface area (Å²) in [5.74, 6) is -0.0518. The van der Waals surface area contributed by atoms with Crippen molar-refractivity contribution < 1.29 is 14.6 Å². The lowest BCUT2D eigenvalue weighted by atomic mass is 10.2. The lowest BCUT2D eigenvalue weighted by molar-refractivity contribution is 0.0694. The standard InChI is InChI=1S/C25H20O3S/c26-25(27)23-16-7-8-17-24(23)28-19-10-9-15-22(18-19)29(20-11-3-1-4-12-20)21-13-5-2-6-14-21/h1-18,29H,(H,26,27). The normalized spacial score (nSPS) is 11.0. The van der Waals surface area contributed by atoms with Gasteiger partial charge in [-0.2, -0.15) is 10.9 Å². The zero-order chi connectivity index (χ0) is 20.1. The molecule has 0 radical (unpaired) electrons. The van der Waals surface area contributed by atoms with Gasteiger partial charge in [0.1, 0.15) is 17.1 Å². The van der Waals surface area contributed by atoms with E-state index >= 15 is 0 Å². The second-order valence-electron chi connectivity index (χ2n) is 6.41. The number of hydrogen-bond acceptors (Lipinski definition) is 2. The van der Waals surface area contributed by atoms with Crippen LogP contribution in [0.15, 0.2) is 124 Å². The highest BCUT2D eigenvalue weighted by Crippen LogP contribution is 2.51. The number of carbonyl (C=O) groups is 1. The van der Waals surface area contributed by atoms with Gasteiger partial charge in [0.25, 0.3) is 0 Å². The Morgan fingerprint density at radius 2 is 1.21 bits per heavy atom. The van der Waals surface area contributed by atoms with Crippen molar-refractivity contribution in [2.24, 2.45) is 0 Å². The molecule has 0 aliphatic carbocycles. The van der Waals surface area contributed by atoms with E-state index in [2.05, 4.69) is 54.6 Å². The fourth-order valence-electron chi connectivity index (χ4n) is 3.15. The van der Waals surface area contributed by atoms with Crippen molar-refractivity contribution in [3.63, 3.8) is 0 Å². The highest BCUT2D eigenvalue weighted by Gasteiger charge is 2.15. The highest BCUT2D eigenvalue weighted by atomic mass is 32.2. The van der Waals surface area contributed by atoms with E-state index in [1.807, 2.05) is 30.3 Å². The molecule has 0 spiro atoms. The predicted octanol–water partition coefficient (Wildman–Crippen LogP) is 6.66. The molecule has 0 atom stereocenters. The average molecular weight is 400 g/mol. The molecule has 0 bridgehead atoms. The van der Waals surface area contributed by atoms with Gasteiger partial charge in [-0.25, -0.2) is 4.79 Å². The van der Waals surface area contributed by atoms with Crippen molar-refractivity contribution in [1.82, 2.24) is 0 Å². The Hall–Kier alpha value is -3.50. The molecule has 29 heavy (non-hydrogen) atoms. The number of aromatic carboxylic acids is 1. The number of benzene rings is 4. The number of carboxylic acid groups (broad SMARTS) is 1. The maximum atomic E-state index is 11.5. The quantitative estimate of drug-likeness (QED) is 0.356. The molecular formula is C25H20O3S. The summed E-state index contributed by atoms with van der Waals surface area (Å²) in [6.07, 6.45) is 0. The second-order valence-corrected chi connectivity index (χ2v) is 8.63. The van der Waals surface area contributed by atoms with E-state index in [0.29, 0.717) is 11.5 Å². The molecule has 4 heteroatoms. The van der Waals surface area contributed by atoms with Crippen LogP contribution in [0.2, 0.25) is 0 Å². The van der Waals surface area contributed by atoms with E-state index in [9.17, 15) is 9.90 Å². The van der Waals surface area contributed by atoms with Gasteiger partial charge in [-0.3, -0.25) is 0 Å². The molecule has 0 aliphatic rings. The second kappa shape index (κ2) is 8.67. The molecule has 144 valence electrons. The topological polar surface area (TPSA) is 46.5 Å². The van der Waals surface area contributed by atoms with Crippen LogP contribution in [0.1, 0.15) is 10.4 Å². The van der Waals surface area contributed by atoms with Crippen molar-refractivity contribution in [2.45, 2.75) is 14.7 Å². The number of thiol groups is 1. The molecule has 3 nitrogen and oxygen atoms in total. The summed E-state index contributed by atoms with van der Waals surface area (Å²) in [5, 5.41) is 9.41. The zero-order valence-corrected chi connectivity index (χ0v) is 16.5. The highest BCUT2D eigenvalue weighted by molar-refractivity contribution is 8.17. The Kier molecular flexibility index (Phi) is 5.63. The Morgan fingerprint density at radius 3 is 1.83 bits per heavy atom. The minimum atomic E-state index is -1.01. The van der Waals surface area contributed by atoms with Crippen molar-refractivity contribution in [3.8, 4) is 11.5 Å². The summed E-state index contributed by atoms with van der Waals surface area (Å²) in [5.41, 5.74) is 0.145. The number of ether oxygens (including phenoxy) is 1. The molecule has 0 amide bonds. The molecule has 4 aromatic rings. The number of para-hydroxylation sites is 1. The summed E-state index contributed by atoms with van der Waals surface area (Å²) in [6, 6.07) is 35.4. The molecule has 0 fully saturated rings.